The third-order valence-electron chi connectivity index (χ3n) is 2.97. The van der Waals surface area contributed by atoms with E-state index in [-0.39, 0.29) is 12.0 Å². The number of carbonyl (C=O) groups excluding carboxylic acids is 2. The van der Waals surface area contributed by atoms with Gasteiger partial charge < -0.3 is 14.5 Å². The molecule has 2 amide bonds. The molecule has 0 unspecified atom stereocenters. The summed E-state index contributed by atoms with van der Waals surface area (Å²) in [6.07, 6.45) is 1.24. The maximum Gasteiger partial charge on any atom is 0.409 e. The molecule has 0 atom stereocenters. The number of methoxy groups -OCH3 is 1. The minimum Gasteiger partial charge on any atom is -0.453 e. The number of halogens is 1. The molecule has 2 rings (SSSR count). The summed E-state index contributed by atoms with van der Waals surface area (Å²) in [5, 5.41) is 0. The van der Waals surface area contributed by atoms with Crippen LogP contribution in [0.4, 0.5) is 4.79 Å². The van der Waals surface area contributed by atoms with Gasteiger partial charge >= 0.3 is 6.09 Å². The van der Waals surface area contributed by atoms with Gasteiger partial charge in [-0.25, -0.2) is 9.78 Å². The van der Waals surface area contributed by atoms with E-state index < -0.39 is 0 Å². The van der Waals surface area contributed by atoms with Crippen molar-refractivity contribution in [2.45, 2.75) is 0 Å². The van der Waals surface area contributed by atoms with Crippen molar-refractivity contribution >= 4 is 27.9 Å². The molecule has 0 aromatic carbocycles. The maximum absolute atomic E-state index is 12.2. The number of ether oxygens (including phenoxy) is 1. The van der Waals surface area contributed by atoms with Crippen LogP contribution >= 0.6 is 15.9 Å². The summed E-state index contributed by atoms with van der Waals surface area (Å²) >= 11 is 3.24. The van der Waals surface area contributed by atoms with Crippen LogP contribution < -0.4 is 0 Å². The highest BCUT2D eigenvalue weighted by Crippen LogP contribution is 2.12. The molecule has 6 nitrogen and oxygen atoms in total. The molecule has 2 heterocycles. The summed E-state index contributed by atoms with van der Waals surface area (Å²) in [6.45, 7) is 2.00. The lowest BCUT2D eigenvalue weighted by molar-refractivity contribution is 0.0599. The summed E-state index contributed by atoms with van der Waals surface area (Å²) < 4.78 is 5.29. The summed E-state index contributed by atoms with van der Waals surface area (Å²) in [5.74, 6) is -0.0485. The van der Waals surface area contributed by atoms with E-state index in [1.54, 1.807) is 28.1 Å². The predicted molar refractivity (Wildman–Crippen MR) is 71.8 cm³/mol. The summed E-state index contributed by atoms with van der Waals surface area (Å²) in [4.78, 5) is 30.9. The van der Waals surface area contributed by atoms with Gasteiger partial charge in [0.2, 0.25) is 0 Å². The second kappa shape index (κ2) is 6.01. The van der Waals surface area contributed by atoms with Crippen molar-refractivity contribution < 1.29 is 14.3 Å². The molecule has 0 aliphatic carbocycles. The number of pyridine rings is 1. The van der Waals surface area contributed by atoms with Gasteiger partial charge in [-0.15, -0.1) is 0 Å². The van der Waals surface area contributed by atoms with E-state index in [4.69, 9.17) is 0 Å². The first kappa shape index (κ1) is 13.8. The fraction of sp³-hybridized carbons (Fsp3) is 0.417. The van der Waals surface area contributed by atoms with Crippen molar-refractivity contribution in [3.8, 4) is 0 Å². The lowest BCUT2D eigenvalue weighted by Crippen LogP contribution is -2.50. The SMILES string of the molecule is COC(=O)N1CCN(C(=O)c2ccnc(Br)c2)CC1. The largest absolute Gasteiger partial charge is 0.453 e. The van der Waals surface area contributed by atoms with Gasteiger partial charge in [0.05, 0.1) is 7.11 Å². The Labute approximate surface area is 119 Å². The van der Waals surface area contributed by atoms with E-state index in [1.807, 2.05) is 0 Å². The van der Waals surface area contributed by atoms with E-state index in [2.05, 4.69) is 25.7 Å². The van der Waals surface area contributed by atoms with E-state index in [0.717, 1.165) is 0 Å². The Balaban J connectivity index is 1.98. The van der Waals surface area contributed by atoms with Crippen LogP contribution in [0.3, 0.4) is 0 Å². The Morgan fingerprint density at radius 3 is 2.47 bits per heavy atom. The van der Waals surface area contributed by atoms with Gasteiger partial charge in [-0.3, -0.25) is 4.79 Å². The third kappa shape index (κ3) is 3.23. The van der Waals surface area contributed by atoms with Gasteiger partial charge in [-0.1, -0.05) is 0 Å². The lowest BCUT2D eigenvalue weighted by Gasteiger charge is -2.33. The van der Waals surface area contributed by atoms with Gasteiger partial charge in [-0.05, 0) is 28.1 Å². The molecule has 0 spiro atoms. The third-order valence-corrected chi connectivity index (χ3v) is 3.41. The molecule has 1 aliphatic heterocycles. The fourth-order valence-electron chi connectivity index (χ4n) is 1.94. The zero-order valence-electron chi connectivity index (χ0n) is 10.5. The highest BCUT2D eigenvalue weighted by atomic mass is 79.9. The summed E-state index contributed by atoms with van der Waals surface area (Å²) in [7, 11) is 1.36. The van der Waals surface area contributed by atoms with Crippen LogP contribution in [0, 0.1) is 0 Å². The molecule has 1 aromatic heterocycles. The molecule has 0 saturated carbocycles. The Kier molecular flexibility index (Phi) is 4.36. The number of hydrogen-bond donors (Lipinski definition) is 0. The lowest BCUT2D eigenvalue weighted by atomic mass is 10.2. The van der Waals surface area contributed by atoms with Gasteiger partial charge in [0, 0.05) is 37.9 Å². The highest BCUT2D eigenvalue weighted by Gasteiger charge is 2.25. The number of nitrogens with zero attached hydrogens (tertiary/aromatic N) is 3. The van der Waals surface area contributed by atoms with Crippen molar-refractivity contribution in [2.24, 2.45) is 0 Å². The second-order valence-corrected chi connectivity index (χ2v) is 4.93. The normalized spacial score (nSPS) is 15.3. The van der Waals surface area contributed by atoms with Crippen molar-refractivity contribution in [2.75, 3.05) is 33.3 Å². The van der Waals surface area contributed by atoms with Crippen LogP contribution in [0.15, 0.2) is 22.9 Å². The number of carbonyl (C=O) groups is 2. The molecule has 1 fully saturated rings. The van der Waals surface area contributed by atoms with E-state index in [1.165, 1.54) is 7.11 Å². The first-order valence-corrected chi connectivity index (χ1v) is 6.65. The van der Waals surface area contributed by atoms with Gasteiger partial charge in [0.1, 0.15) is 4.60 Å². The molecule has 19 heavy (non-hydrogen) atoms. The van der Waals surface area contributed by atoms with Crippen LogP contribution in [-0.2, 0) is 4.74 Å². The van der Waals surface area contributed by atoms with Crippen molar-refractivity contribution in [1.29, 1.82) is 0 Å². The molecule has 1 aromatic rings. The molecule has 7 heteroatoms. The minimum absolute atomic E-state index is 0.0485. The maximum atomic E-state index is 12.2. The quantitative estimate of drug-likeness (QED) is 0.731. The van der Waals surface area contributed by atoms with E-state index in [0.29, 0.717) is 36.3 Å². The Hall–Kier alpha value is -1.63. The topological polar surface area (TPSA) is 62.7 Å². The Morgan fingerprint density at radius 1 is 1.26 bits per heavy atom. The standard InChI is InChI=1S/C12H14BrN3O3/c1-19-12(18)16-6-4-15(5-7-16)11(17)9-2-3-14-10(13)8-9/h2-3,8H,4-7H2,1H3. The van der Waals surface area contributed by atoms with Crippen LogP contribution in [0.1, 0.15) is 10.4 Å². The van der Waals surface area contributed by atoms with Crippen molar-refractivity contribution in [1.82, 2.24) is 14.8 Å². The van der Waals surface area contributed by atoms with Gasteiger partial charge in [-0.2, -0.15) is 0 Å². The van der Waals surface area contributed by atoms with E-state index >= 15 is 0 Å². The van der Waals surface area contributed by atoms with Gasteiger partial charge in [0.25, 0.3) is 5.91 Å². The predicted octanol–water partition coefficient (Wildman–Crippen LogP) is 1.37. The summed E-state index contributed by atoms with van der Waals surface area (Å²) in [6, 6.07) is 3.37. The van der Waals surface area contributed by atoms with Crippen molar-refractivity contribution in [3.63, 3.8) is 0 Å². The molecule has 0 radical (unpaired) electrons. The molecule has 0 bridgehead atoms. The molecule has 1 aliphatic rings. The Morgan fingerprint density at radius 2 is 1.89 bits per heavy atom. The number of rotatable bonds is 1. The van der Waals surface area contributed by atoms with E-state index in [9.17, 15) is 9.59 Å². The van der Waals surface area contributed by atoms with Crippen LogP contribution in [0.2, 0.25) is 0 Å². The zero-order valence-corrected chi connectivity index (χ0v) is 12.1. The number of aromatic nitrogens is 1. The first-order chi connectivity index (χ1) is 9.11. The average molecular weight is 328 g/mol. The first-order valence-electron chi connectivity index (χ1n) is 5.85. The highest BCUT2D eigenvalue weighted by molar-refractivity contribution is 9.10. The zero-order chi connectivity index (χ0) is 13.8. The molecule has 0 N–H and O–H groups in total. The van der Waals surface area contributed by atoms with Crippen LogP contribution in [0.5, 0.6) is 0 Å². The molecular weight excluding hydrogens is 314 g/mol. The summed E-state index contributed by atoms with van der Waals surface area (Å²) in [5.41, 5.74) is 0.591. The minimum atomic E-state index is -0.348. The number of amides is 2. The monoisotopic (exact) mass is 327 g/mol. The van der Waals surface area contributed by atoms with Gasteiger partial charge in [0.15, 0.2) is 0 Å². The Bertz CT molecular complexity index is 487. The van der Waals surface area contributed by atoms with Crippen LogP contribution in [0.25, 0.3) is 0 Å². The van der Waals surface area contributed by atoms with Crippen molar-refractivity contribution in [3.05, 3.63) is 28.5 Å². The average Bonchev–Trinajstić information content (AvgIpc) is 2.46. The number of hydrogen-bond acceptors (Lipinski definition) is 4. The number of piperazine rings is 1. The molecule has 1 saturated heterocycles. The second-order valence-electron chi connectivity index (χ2n) is 4.12. The molecular formula is C12H14BrN3O3. The fourth-order valence-corrected chi connectivity index (χ4v) is 2.30. The van der Waals surface area contributed by atoms with Crippen LogP contribution in [-0.4, -0.2) is 60.1 Å². The molecule has 102 valence electrons. The smallest absolute Gasteiger partial charge is 0.409 e.